The molecule has 200 valence electrons. The summed E-state index contributed by atoms with van der Waals surface area (Å²) in [6, 6.07) is 28.3. The van der Waals surface area contributed by atoms with Crippen LogP contribution in [0.4, 0.5) is 14.0 Å². The molecule has 9 heteroatoms. The molecule has 0 spiro atoms. The summed E-state index contributed by atoms with van der Waals surface area (Å²) in [5.74, 6) is -0.927. The number of para-hydroxylation sites is 1. The van der Waals surface area contributed by atoms with Crippen molar-refractivity contribution in [2.24, 2.45) is 5.92 Å². The lowest BCUT2D eigenvalue weighted by molar-refractivity contribution is -0.131. The molecule has 1 N–H and O–H groups in total. The standard InChI is InChI=1S/C30H25F2NO5S/c31-24-15-13-21(14-16-24)28(34)18-17-27-29(33(30(27)35)25-6-2-1-3-7-25)22-11-9-20(10-12-22)23-5-4-8-26(19-23)38-39(32,36)37/h1-16,19,27-29,34H,17-18H2/t27-,28+,29-/m1/s1. The number of hydrogen-bond acceptors (Lipinski definition) is 5. The first-order valence-corrected chi connectivity index (χ1v) is 13.7. The third kappa shape index (κ3) is 6.00. The fraction of sp³-hybridized carbons (Fsp3) is 0.167. The molecule has 39 heavy (non-hydrogen) atoms. The van der Waals surface area contributed by atoms with E-state index in [1.165, 1.54) is 36.4 Å². The summed E-state index contributed by atoms with van der Waals surface area (Å²) < 4.78 is 52.3. The van der Waals surface area contributed by atoms with E-state index in [0.29, 0.717) is 24.0 Å². The van der Waals surface area contributed by atoms with Crippen molar-refractivity contribution in [3.63, 3.8) is 0 Å². The molecule has 0 bridgehead atoms. The van der Waals surface area contributed by atoms with Crippen LogP contribution in [0.3, 0.4) is 0 Å². The van der Waals surface area contributed by atoms with Gasteiger partial charge in [0.1, 0.15) is 11.6 Å². The summed E-state index contributed by atoms with van der Waals surface area (Å²) in [6.45, 7) is 0. The van der Waals surface area contributed by atoms with Gasteiger partial charge in [0, 0.05) is 5.69 Å². The Morgan fingerprint density at radius 2 is 1.56 bits per heavy atom. The molecule has 1 heterocycles. The Morgan fingerprint density at radius 3 is 2.23 bits per heavy atom. The molecular formula is C30H25F2NO5S. The maximum Gasteiger partial charge on any atom is 0.488 e. The van der Waals surface area contributed by atoms with Crippen molar-refractivity contribution < 1.29 is 30.8 Å². The predicted octanol–water partition coefficient (Wildman–Crippen LogP) is 6.30. The molecule has 1 fully saturated rings. The molecule has 3 atom stereocenters. The third-order valence-corrected chi connectivity index (χ3v) is 7.26. The molecule has 5 rings (SSSR count). The van der Waals surface area contributed by atoms with Crippen LogP contribution < -0.4 is 9.08 Å². The van der Waals surface area contributed by atoms with Gasteiger partial charge in [-0.2, -0.15) is 8.42 Å². The van der Waals surface area contributed by atoms with Crippen LogP contribution in [0.1, 0.15) is 36.1 Å². The van der Waals surface area contributed by atoms with Crippen LogP contribution in [0.25, 0.3) is 11.1 Å². The van der Waals surface area contributed by atoms with E-state index in [1.807, 2.05) is 54.6 Å². The summed E-state index contributed by atoms with van der Waals surface area (Å²) in [5.41, 5.74) is 3.63. The van der Waals surface area contributed by atoms with Crippen molar-refractivity contribution in [2.45, 2.75) is 25.0 Å². The molecule has 0 radical (unpaired) electrons. The first-order chi connectivity index (χ1) is 18.7. The topological polar surface area (TPSA) is 83.9 Å². The molecular weight excluding hydrogens is 524 g/mol. The average Bonchev–Trinajstić information content (AvgIpc) is 2.92. The minimum Gasteiger partial charge on any atom is -0.388 e. The number of aliphatic hydroxyl groups is 1. The smallest absolute Gasteiger partial charge is 0.388 e. The zero-order chi connectivity index (χ0) is 27.6. The third-order valence-electron chi connectivity index (χ3n) is 6.87. The van der Waals surface area contributed by atoms with E-state index in [2.05, 4.69) is 4.18 Å². The maximum absolute atomic E-state index is 13.3. The SMILES string of the molecule is O=C1[C@H](CC[C@H](O)c2ccc(F)cc2)[C@@H](c2ccc(-c3cccc(OS(=O)(=O)F)c3)cc2)N1c1ccccc1. The van der Waals surface area contributed by atoms with Crippen LogP contribution in [0.15, 0.2) is 103 Å². The highest BCUT2D eigenvalue weighted by molar-refractivity contribution is 7.81. The number of rotatable bonds is 9. The van der Waals surface area contributed by atoms with Gasteiger partial charge in [-0.05, 0) is 71.5 Å². The molecule has 0 saturated carbocycles. The number of hydrogen-bond donors (Lipinski definition) is 1. The maximum atomic E-state index is 13.3. The number of carbonyl (C=O) groups excluding carboxylic acids is 1. The molecule has 4 aromatic carbocycles. The number of anilines is 1. The molecule has 0 aromatic heterocycles. The molecule has 4 aromatic rings. The van der Waals surface area contributed by atoms with E-state index in [-0.39, 0.29) is 29.4 Å². The zero-order valence-corrected chi connectivity index (χ0v) is 21.5. The number of aliphatic hydroxyl groups excluding tert-OH is 1. The molecule has 1 saturated heterocycles. The fourth-order valence-corrected chi connectivity index (χ4v) is 5.33. The van der Waals surface area contributed by atoms with Crippen molar-refractivity contribution in [1.29, 1.82) is 0 Å². The van der Waals surface area contributed by atoms with Gasteiger partial charge in [0.05, 0.1) is 18.1 Å². The molecule has 1 amide bonds. The van der Waals surface area contributed by atoms with Gasteiger partial charge < -0.3 is 14.2 Å². The van der Waals surface area contributed by atoms with Gasteiger partial charge >= 0.3 is 10.5 Å². The normalized spacial score (nSPS) is 17.9. The lowest BCUT2D eigenvalue weighted by Gasteiger charge is -2.48. The van der Waals surface area contributed by atoms with E-state index in [4.69, 9.17) is 0 Å². The second kappa shape index (κ2) is 11.0. The second-order valence-electron chi connectivity index (χ2n) is 9.37. The number of nitrogens with zero attached hydrogens (tertiary/aromatic N) is 1. The van der Waals surface area contributed by atoms with Gasteiger partial charge in [-0.3, -0.25) is 4.79 Å². The van der Waals surface area contributed by atoms with Gasteiger partial charge in [0.25, 0.3) is 0 Å². The quantitative estimate of drug-likeness (QED) is 0.196. The van der Waals surface area contributed by atoms with Crippen molar-refractivity contribution in [3.8, 4) is 16.9 Å². The number of halogens is 2. The Kier molecular flexibility index (Phi) is 7.45. The first-order valence-electron chi connectivity index (χ1n) is 12.4. The summed E-state index contributed by atoms with van der Waals surface area (Å²) in [7, 11) is -5.14. The van der Waals surface area contributed by atoms with Crippen molar-refractivity contribution in [2.75, 3.05) is 4.90 Å². The summed E-state index contributed by atoms with van der Waals surface area (Å²) in [6.07, 6.45) is -0.0527. The Morgan fingerprint density at radius 1 is 0.872 bits per heavy atom. The average molecular weight is 550 g/mol. The lowest BCUT2D eigenvalue weighted by Crippen LogP contribution is -2.55. The van der Waals surface area contributed by atoms with Crippen molar-refractivity contribution >= 4 is 22.1 Å². The molecule has 6 nitrogen and oxygen atoms in total. The number of benzene rings is 4. The Labute approximate surface area is 225 Å². The fourth-order valence-electron chi connectivity index (χ4n) is 4.99. The van der Waals surface area contributed by atoms with E-state index >= 15 is 0 Å². The zero-order valence-electron chi connectivity index (χ0n) is 20.7. The molecule has 1 aliphatic rings. The second-order valence-corrected chi connectivity index (χ2v) is 10.3. The van der Waals surface area contributed by atoms with Crippen molar-refractivity contribution in [3.05, 3.63) is 120 Å². The monoisotopic (exact) mass is 549 g/mol. The largest absolute Gasteiger partial charge is 0.488 e. The van der Waals surface area contributed by atoms with Gasteiger partial charge in [0.2, 0.25) is 5.91 Å². The summed E-state index contributed by atoms with van der Waals surface area (Å²) in [4.78, 5) is 15.0. The van der Waals surface area contributed by atoms with Crippen LogP contribution in [-0.4, -0.2) is 19.4 Å². The number of carbonyl (C=O) groups is 1. The molecule has 0 aliphatic carbocycles. The highest BCUT2D eigenvalue weighted by atomic mass is 32.3. The Bertz CT molecular complexity index is 1560. The van der Waals surface area contributed by atoms with E-state index in [9.17, 15) is 26.6 Å². The van der Waals surface area contributed by atoms with Crippen LogP contribution in [0.2, 0.25) is 0 Å². The lowest BCUT2D eigenvalue weighted by atomic mass is 9.78. The number of amides is 1. The van der Waals surface area contributed by atoms with Crippen LogP contribution >= 0.6 is 0 Å². The summed E-state index contributed by atoms with van der Waals surface area (Å²) >= 11 is 0. The van der Waals surface area contributed by atoms with E-state index < -0.39 is 16.6 Å². The predicted molar refractivity (Wildman–Crippen MR) is 143 cm³/mol. The van der Waals surface area contributed by atoms with Gasteiger partial charge in [-0.15, -0.1) is 0 Å². The van der Waals surface area contributed by atoms with Gasteiger partial charge in [0.15, 0.2) is 0 Å². The first kappa shape index (κ1) is 26.5. The van der Waals surface area contributed by atoms with Crippen LogP contribution in [0.5, 0.6) is 5.75 Å². The molecule has 0 unspecified atom stereocenters. The minimum atomic E-state index is -5.14. The number of β-lactam (4-membered cyclic amide) rings is 1. The Balaban J connectivity index is 1.38. The van der Waals surface area contributed by atoms with Crippen LogP contribution in [0, 0.1) is 11.7 Å². The van der Waals surface area contributed by atoms with E-state index in [0.717, 1.165) is 16.8 Å². The highest BCUT2D eigenvalue weighted by Gasteiger charge is 2.48. The van der Waals surface area contributed by atoms with Crippen molar-refractivity contribution in [1.82, 2.24) is 0 Å². The van der Waals surface area contributed by atoms with Gasteiger partial charge in [-0.25, -0.2) is 4.39 Å². The molecule has 1 aliphatic heterocycles. The van der Waals surface area contributed by atoms with Gasteiger partial charge in [-0.1, -0.05) is 70.6 Å². The highest BCUT2D eigenvalue weighted by Crippen LogP contribution is 2.46. The van der Waals surface area contributed by atoms with E-state index in [1.54, 1.807) is 17.0 Å². The Hall–Kier alpha value is -4.08. The van der Waals surface area contributed by atoms with Crippen LogP contribution in [-0.2, 0) is 15.3 Å². The summed E-state index contributed by atoms with van der Waals surface area (Å²) in [5, 5.41) is 10.6. The minimum absolute atomic E-state index is 0.0427.